The third-order valence-corrected chi connectivity index (χ3v) is 5.28. The maximum atomic E-state index is 13.0. The third kappa shape index (κ3) is 4.22. The molecule has 3 rings (SSSR count). The van der Waals surface area contributed by atoms with Gasteiger partial charge in [0.1, 0.15) is 5.82 Å². The van der Waals surface area contributed by atoms with Crippen molar-refractivity contribution in [2.24, 2.45) is 0 Å². The van der Waals surface area contributed by atoms with E-state index < -0.39 is 27.5 Å². The molecule has 0 bridgehead atoms. The van der Waals surface area contributed by atoms with Gasteiger partial charge in [-0.3, -0.25) is 14.5 Å². The lowest BCUT2D eigenvalue weighted by Crippen LogP contribution is -2.16. The van der Waals surface area contributed by atoms with E-state index in [0.29, 0.717) is 0 Å². The number of hydrogen-bond donors (Lipinski definition) is 1. The van der Waals surface area contributed by atoms with Crippen LogP contribution in [-0.4, -0.2) is 19.2 Å². The summed E-state index contributed by atoms with van der Waals surface area (Å²) in [5.74, 6) is -2.20. The van der Waals surface area contributed by atoms with Crippen LogP contribution in [0.1, 0.15) is 22.0 Å². The fourth-order valence-electron chi connectivity index (χ4n) is 2.52. The molecule has 140 valence electrons. The maximum Gasteiger partial charge on any atom is 0.261 e. The van der Waals surface area contributed by atoms with Crippen molar-refractivity contribution in [2.45, 2.75) is 10.8 Å². The Morgan fingerprint density at radius 1 is 1.07 bits per heavy atom. The number of carbonyl (C=O) groups excluding carboxylic acids is 1. The molecule has 6 nitrogen and oxygen atoms in total. The van der Waals surface area contributed by atoms with Crippen LogP contribution in [0.4, 0.5) is 10.1 Å². The molecule has 3 aromatic rings. The highest BCUT2D eigenvalue weighted by molar-refractivity contribution is 7.92. The second-order valence-corrected chi connectivity index (χ2v) is 7.50. The van der Waals surface area contributed by atoms with Gasteiger partial charge in [-0.05, 0) is 48.5 Å². The molecule has 1 N–H and O–H groups in total. The molecular formula is C20H14FN3O3S. The lowest BCUT2D eigenvalue weighted by Gasteiger charge is -2.11. The molecule has 0 saturated carbocycles. The van der Waals surface area contributed by atoms with Gasteiger partial charge in [0.15, 0.2) is 11.7 Å². The highest BCUT2D eigenvalue weighted by atomic mass is 32.2. The Balaban J connectivity index is 1.90. The summed E-state index contributed by atoms with van der Waals surface area (Å²) in [7, 11) is -4.00. The molecular weight excluding hydrogens is 381 g/mol. The van der Waals surface area contributed by atoms with Crippen molar-refractivity contribution in [1.29, 1.82) is 5.26 Å². The van der Waals surface area contributed by atoms with Crippen LogP contribution in [0.2, 0.25) is 0 Å². The van der Waals surface area contributed by atoms with E-state index in [9.17, 15) is 22.9 Å². The first-order valence-corrected chi connectivity index (χ1v) is 9.62. The number of Topliss-reactive ketones (excluding diaryl/α,β-unsaturated/α-hetero) is 1. The number of halogens is 1. The first kappa shape index (κ1) is 19.2. The number of sulfonamides is 1. The average Bonchev–Trinajstić information content (AvgIpc) is 2.71. The molecule has 1 unspecified atom stereocenters. The van der Waals surface area contributed by atoms with Gasteiger partial charge in [-0.1, -0.05) is 18.2 Å². The van der Waals surface area contributed by atoms with Crippen molar-refractivity contribution in [3.05, 3.63) is 90.0 Å². The van der Waals surface area contributed by atoms with Gasteiger partial charge < -0.3 is 0 Å². The van der Waals surface area contributed by atoms with Gasteiger partial charge in [-0.25, -0.2) is 12.8 Å². The molecule has 0 amide bonds. The fraction of sp³-hybridized carbons (Fsp3) is 0.0500. The van der Waals surface area contributed by atoms with E-state index in [0.717, 1.165) is 12.1 Å². The number of hydrogen-bond acceptors (Lipinski definition) is 5. The minimum absolute atomic E-state index is 0.0687. The maximum absolute atomic E-state index is 13.0. The molecule has 0 radical (unpaired) electrons. The van der Waals surface area contributed by atoms with Gasteiger partial charge in [0.2, 0.25) is 0 Å². The Kier molecular flexibility index (Phi) is 5.47. The zero-order valence-electron chi connectivity index (χ0n) is 14.4. The van der Waals surface area contributed by atoms with Crippen LogP contribution in [0, 0.1) is 17.1 Å². The Morgan fingerprint density at radius 2 is 1.82 bits per heavy atom. The molecule has 1 aromatic heterocycles. The van der Waals surface area contributed by atoms with Gasteiger partial charge in [0.25, 0.3) is 10.0 Å². The smallest absolute Gasteiger partial charge is 0.261 e. The number of ketones is 1. The molecule has 0 fully saturated rings. The zero-order chi connectivity index (χ0) is 20.1. The molecule has 0 aliphatic rings. The normalized spacial score (nSPS) is 12.0. The topological polar surface area (TPSA) is 99.9 Å². The van der Waals surface area contributed by atoms with Crippen LogP contribution in [0.25, 0.3) is 0 Å². The van der Waals surface area contributed by atoms with E-state index in [1.165, 1.54) is 42.6 Å². The van der Waals surface area contributed by atoms with Crippen molar-refractivity contribution in [3.8, 4) is 6.07 Å². The summed E-state index contributed by atoms with van der Waals surface area (Å²) in [6, 6.07) is 17.0. The molecule has 8 heteroatoms. The molecule has 0 aliphatic heterocycles. The summed E-state index contributed by atoms with van der Waals surface area (Å²) in [5.41, 5.74) is 0.536. The number of nitrogens with one attached hydrogen (secondary N) is 1. The van der Waals surface area contributed by atoms with E-state index >= 15 is 0 Å². The van der Waals surface area contributed by atoms with Crippen LogP contribution >= 0.6 is 0 Å². The number of benzene rings is 2. The first-order chi connectivity index (χ1) is 13.4. The lowest BCUT2D eigenvalue weighted by atomic mass is 9.95. The van der Waals surface area contributed by atoms with Crippen LogP contribution in [0.3, 0.4) is 0 Å². The third-order valence-electron chi connectivity index (χ3n) is 3.90. The highest BCUT2D eigenvalue weighted by Gasteiger charge is 2.24. The zero-order valence-corrected chi connectivity index (χ0v) is 15.2. The van der Waals surface area contributed by atoms with E-state index in [1.54, 1.807) is 18.2 Å². The molecule has 0 saturated heterocycles. The fourth-order valence-corrected chi connectivity index (χ4v) is 3.63. The van der Waals surface area contributed by atoms with E-state index in [1.807, 2.05) is 6.07 Å². The number of nitrogens with zero attached hydrogens (tertiary/aromatic N) is 2. The summed E-state index contributed by atoms with van der Waals surface area (Å²) in [6.45, 7) is 0. The van der Waals surface area contributed by atoms with E-state index in [-0.39, 0.29) is 21.8 Å². The highest BCUT2D eigenvalue weighted by Crippen LogP contribution is 2.22. The summed E-state index contributed by atoms with van der Waals surface area (Å²) in [4.78, 5) is 16.6. The van der Waals surface area contributed by atoms with E-state index in [4.69, 9.17) is 0 Å². The minimum atomic E-state index is -4.00. The molecule has 2 aromatic carbocycles. The number of rotatable bonds is 6. The Hall–Kier alpha value is -3.57. The number of carbonyl (C=O) groups is 1. The van der Waals surface area contributed by atoms with Crippen molar-refractivity contribution < 1.29 is 17.6 Å². The minimum Gasteiger partial charge on any atom is -0.292 e. The number of anilines is 1. The summed E-state index contributed by atoms with van der Waals surface area (Å²) in [5, 5.41) is 9.39. The lowest BCUT2D eigenvalue weighted by molar-refractivity contribution is 0.0977. The van der Waals surface area contributed by atoms with E-state index in [2.05, 4.69) is 9.71 Å². The summed E-state index contributed by atoms with van der Waals surface area (Å²) in [6.07, 6.45) is 1.47. The van der Waals surface area contributed by atoms with Crippen molar-refractivity contribution >= 4 is 21.5 Å². The predicted octanol–water partition coefficient (Wildman–Crippen LogP) is 3.51. The van der Waals surface area contributed by atoms with Crippen LogP contribution in [0.15, 0.2) is 77.8 Å². The standard InChI is InChI=1S/C20H14FN3O3S/c21-15-7-9-16(10-8-15)24-28(26,27)17-5-3-4-14(12-17)20(25)18(13-22)19-6-1-2-11-23-19/h1-12,18,24H. The van der Waals surface area contributed by atoms with Crippen molar-refractivity contribution in [3.63, 3.8) is 0 Å². The van der Waals surface area contributed by atoms with Crippen LogP contribution in [0.5, 0.6) is 0 Å². The summed E-state index contributed by atoms with van der Waals surface area (Å²) >= 11 is 0. The van der Waals surface area contributed by atoms with Gasteiger partial charge >= 0.3 is 0 Å². The second kappa shape index (κ2) is 7.98. The van der Waals surface area contributed by atoms with Gasteiger partial charge in [0, 0.05) is 17.4 Å². The number of aromatic nitrogens is 1. The molecule has 0 spiro atoms. The monoisotopic (exact) mass is 395 g/mol. The number of nitriles is 1. The largest absolute Gasteiger partial charge is 0.292 e. The van der Waals surface area contributed by atoms with Crippen molar-refractivity contribution in [2.75, 3.05) is 4.72 Å². The Morgan fingerprint density at radius 3 is 2.46 bits per heavy atom. The second-order valence-electron chi connectivity index (χ2n) is 5.82. The molecule has 28 heavy (non-hydrogen) atoms. The van der Waals surface area contributed by atoms with Crippen LogP contribution in [-0.2, 0) is 10.0 Å². The Bertz CT molecular complexity index is 1140. The van der Waals surface area contributed by atoms with Gasteiger partial charge in [-0.2, -0.15) is 5.26 Å². The van der Waals surface area contributed by atoms with Crippen molar-refractivity contribution in [1.82, 2.24) is 4.98 Å². The predicted molar refractivity (Wildman–Crippen MR) is 101 cm³/mol. The Labute approximate surface area is 161 Å². The molecule has 1 heterocycles. The first-order valence-electron chi connectivity index (χ1n) is 8.14. The molecule has 0 aliphatic carbocycles. The summed E-state index contributed by atoms with van der Waals surface area (Å²) < 4.78 is 40.5. The van der Waals surface area contributed by atoms with Gasteiger partial charge in [-0.15, -0.1) is 0 Å². The quantitative estimate of drug-likeness (QED) is 0.644. The molecule has 1 atom stereocenters. The average molecular weight is 395 g/mol. The van der Waals surface area contributed by atoms with Gasteiger partial charge in [0.05, 0.1) is 16.7 Å². The number of pyridine rings is 1. The van der Waals surface area contributed by atoms with Crippen LogP contribution < -0.4 is 4.72 Å². The SMILES string of the molecule is N#CC(C(=O)c1cccc(S(=O)(=O)Nc2ccc(F)cc2)c1)c1ccccn1.